The van der Waals surface area contributed by atoms with E-state index in [0.717, 1.165) is 23.5 Å². The fraction of sp³-hybridized carbons (Fsp3) is 0.136. The second-order valence-electron chi connectivity index (χ2n) is 6.85. The summed E-state index contributed by atoms with van der Waals surface area (Å²) in [5, 5.41) is 24.6. The molecule has 0 saturated heterocycles. The zero-order valence-electron chi connectivity index (χ0n) is 17.5. The van der Waals surface area contributed by atoms with Crippen molar-refractivity contribution in [1.29, 1.82) is 5.26 Å². The largest absolute Gasteiger partial charge is 0.454 e. The van der Waals surface area contributed by atoms with Gasteiger partial charge in [0.05, 0.1) is 32.8 Å². The zero-order chi connectivity index (χ0) is 24.8. The molecule has 3 aromatic rings. The number of hydrogen-bond acceptors (Lipinski definition) is 9. The van der Waals surface area contributed by atoms with Gasteiger partial charge in [0, 0.05) is 23.2 Å². The lowest BCUT2D eigenvalue weighted by Crippen LogP contribution is -2.21. The van der Waals surface area contributed by atoms with E-state index in [1.807, 2.05) is 6.07 Å². The van der Waals surface area contributed by atoms with Crippen molar-refractivity contribution in [3.8, 4) is 6.07 Å². The number of nitriles is 1. The summed E-state index contributed by atoms with van der Waals surface area (Å²) >= 11 is 7.15. The lowest BCUT2D eigenvalue weighted by molar-refractivity contribution is -0.384. The highest BCUT2D eigenvalue weighted by molar-refractivity contribution is 7.09. The first-order chi connectivity index (χ1) is 16.2. The first kappa shape index (κ1) is 24.5. The van der Waals surface area contributed by atoms with E-state index in [9.17, 15) is 29.8 Å². The summed E-state index contributed by atoms with van der Waals surface area (Å²) in [5.41, 5.74) is 0.384. The van der Waals surface area contributed by atoms with E-state index in [1.54, 1.807) is 18.4 Å². The molecule has 0 aliphatic rings. The van der Waals surface area contributed by atoms with Crippen LogP contribution in [0.5, 0.6) is 0 Å². The Balaban J connectivity index is 1.71. The van der Waals surface area contributed by atoms with Crippen LogP contribution in [-0.4, -0.2) is 34.2 Å². The third kappa shape index (κ3) is 5.61. The van der Waals surface area contributed by atoms with E-state index in [4.69, 9.17) is 16.3 Å². The van der Waals surface area contributed by atoms with Crippen LogP contribution in [0.2, 0.25) is 5.02 Å². The second kappa shape index (κ2) is 10.7. The minimum absolute atomic E-state index is 0.0405. The maximum Gasteiger partial charge on any atom is 0.340 e. The topological polar surface area (TPSA) is 152 Å². The van der Waals surface area contributed by atoms with Gasteiger partial charge in [0.25, 0.3) is 11.6 Å². The molecule has 1 N–H and O–H groups in total. The number of aromatic nitrogens is 1. The Bertz CT molecular complexity index is 1330. The molecule has 1 atom stereocenters. The number of ketones is 1. The van der Waals surface area contributed by atoms with Crippen molar-refractivity contribution in [2.45, 2.75) is 12.8 Å². The van der Waals surface area contributed by atoms with Gasteiger partial charge in [-0.05, 0) is 25.1 Å². The Morgan fingerprint density at radius 1 is 1.26 bits per heavy atom. The quantitative estimate of drug-likeness (QED) is 0.274. The lowest BCUT2D eigenvalue weighted by Gasteiger charge is -2.12. The van der Waals surface area contributed by atoms with Crippen molar-refractivity contribution in [1.82, 2.24) is 4.98 Å². The number of nitro groups is 1. The van der Waals surface area contributed by atoms with Gasteiger partial charge in [0.15, 0.2) is 18.3 Å². The highest BCUT2D eigenvalue weighted by Crippen LogP contribution is 2.25. The molecular weight excluding hydrogens is 484 g/mol. The number of anilines is 1. The fourth-order valence-electron chi connectivity index (χ4n) is 2.83. The minimum atomic E-state index is -1.16. The van der Waals surface area contributed by atoms with Gasteiger partial charge >= 0.3 is 5.97 Å². The Hall–Kier alpha value is -4.14. The van der Waals surface area contributed by atoms with Gasteiger partial charge in [-0.2, -0.15) is 5.26 Å². The molecule has 0 bridgehead atoms. The number of hydrogen-bond donors (Lipinski definition) is 1. The van der Waals surface area contributed by atoms with Gasteiger partial charge in [0.2, 0.25) is 0 Å². The van der Waals surface area contributed by atoms with Gasteiger partial charge in [0.1, 0.15) is 5.01 Å². The third-order valence-electron chi connectivity index (χ3n) is 4.48. The van der Waals surface area contributed by atoms with Crippen LogP contribution in [0, 0.1) is 28.4 Å². The maximum absolute atomic E-state index is 12.6. The fourth-order valence-corrected chi connectivity index (χ4v) is 3.95. The highest BCUT2D eigenvalue weighted by Gasteiger charge is 2.25. The standard InChI is InChI=1S/C22H15ClN4O6S/c1-12-11-34-21(25-12)16(9-24)19(28)10-33-22(30)15-4-2-3-5-18(15)26-20(29)14-7-6-13(27(31)32)8-17(14)23/h2-8,11,16H,10H2,1H3,(H,26,29)/t16-/m0/s1. The Kier molecular flexibility index (Phi) is 7.68. The molecule has 2 aromatic carbocycles. The van der Waals surface area contributed by atoms with Crippen LogP contribution in [0.1, 0.15) is 37.3 Å². The summed E-state index contributed by atoms with van der Waals surface area (Å²) in [6.07, 6.45) is 0. The first-order valence-electron chi connectivity index (χ1n) is 9.57. The highest BCUT2D eigenvalue weighted by atomic mass is 35.5. The zero-order valence-corrected chi connectivity index (χ0v) is 19.1. The number of nitro benzene ring substituents is 1. The smallest absolute Gasteiger partial charge is 0.340 e. The second-order valence-corrected chi connectivity index (χ2v) is 8.15. The Morgan fingerprint density at radius 2 is 2.00 bits per heavy atom. The number of thiazole rings is 1. The number of carbonyl (C=O) groups excluding carboxylic acids is 3. The van der Waals surface area contributed by atoms with Crippen LogP contribution < -0.4 is 5.32 Å². The van der Waals surface area contributed by atoms with Gasteiger partial charge in [-0.3, -0.25) is 19.7 Å². The normalized spacial score (nSPS) is 11.2. The number of para-hydroxylation sites is 1. The first-order valence-corrected chi connectivity index (χ1v) is 10.8. The molecule has 34 heavy (non-hydrogen) atoms. The molecule has 0 aliphatic heterocycles. The van der Waals surface area contributed by atoms with Gasteiger partial charge in [-0.15, -0.1) is 11.3 Å². The molecule has 0 unspecified atom stereocenters. The molecule has 0 radical (unpaired) electrons. The lowest BCUT2D eigenvalue weighted by atomic mass is 10.1. The number of non-ortho nitro benzene ring substituents is 1. The van der Waals surface area contributed by atoms with Crippen LogP contribution in [0.3, 0.4) is 0 Å². The molecule has 12 heteroatoms. The predicted octanol–water partition coefficient (Wildman–Crippen LogP) is 4.30. The number of aryl methyl sites for hydroxylation is 1. The molecule has 1 amide bonds. The molecule has 10 nitrogen and oxygen atoms in total. The average molecular weight is 499 g/mol. The van der Waals surface area contributed by atoms with Crippen LogP contribution in [0.4, 0.5) is 11.4 Å². The molecule has 0 fully saturated rings. The van der Waals surface area contributed by atoms with Crippen LogP contribution in [-0.2, 0) is 9.53 Å². The van der Waals surface area contributed by atoms with Crippen molar-refractivity contribution in [3.05, 3.63) is 84.8 Å². The number of nitrogens with zero attached hydrogens (tertiary/aromatic N) is 3. The number of esters is 1. The van der Waals surface area contributed by atoms with Crippen molar-refractivity contribution in [2.24, 2.45) is 0 Å². The summed E-state index contributed by atoms with van der Waals surface area (Å²) in [5.74, 6) is -3.40. The van der Waals surface area contributed by atoms with Crippen molar-refractivity contribution >= 4 is 52.0 Å². The SMILES string of the molecule is Cc1csc([C@@H](C#N)C(=O)COC(=O)c2ccccc2NC(=O)c2ccc([N+](=O)[O-])cc2Cl)n1. The number of halogens is 1. The summed E-state index contributed by atoms with van der Waals surface area (Å²) in [7, 11) is 0. The van der Waals surface area contributed by atoms with E-state index in [2.05, 4.69) is 10.3 Å². The summed E-state index contributed by atoms with van der Waals surface area (Å²) < 4.78 is 5.08. The molecular formula is C22H15ClN4O6S. The number of benzene rings is 2. The van der Waals surface area contributed by atoms with Crippen molar-refractivity contribution in [3.63, 3.8) is 0 Å². The number of ether oxygens (including phenoxy) is 1. The molecule has 0 aliphatic carbocycles. The monoisotopic (exact) mass is 498 g/mol. The summed E-state index contributed by atoms with van der Waals surface area (Å²) in [4.78, 5) is 52.0. The van der Waals surface area contributed by atoms with Gasteiger partial charge in [-0.25, -0.2) is 9.78 Å². The maximum atomic E-state index is 12.6. The molecule has 1 heterocycles. The van der Waals surface area contributed by atoms with Crippen LogP contribution in [0.15, 0.2) is 47.8 Å². The average Bonchev–Trinajstić information content (AvgIpc) is 3.23. The van der Waals surface area contributed by atoms with E-state index in [-0.39, 0.29) is 27.5 Å². The molecule has 3 rings (SSSR count). The minimum Gasteiger partial charge on any atom is -0.454 e. The van der Waals surface area contributed by atoms with Crippen LogP contribution in [0.25, 0.3) is 0 Å². The Labute approximate surface area is 201 Å². The van der Waals surface area contributed by atoms with E-state index in [0.29, 0.717) is 10.7 Å². The number of carbonyl (C=O) groups is 3. The predicted molar refractivity (Wildman–Crippen MR) is 123 cm³/mol. The number of rotatable bonds is 8. The summed E-state index contributed by atoms with van der Waals surface area (Å²) in [6.45, 7) is 1.07. The van der Waals surface area contributed by atoms with Crippen LogP contribution >= 0.6 is 22.9 Å². The van der Waals surface area contributed by atoms with Crippen molar-refractivity contribution < 1.29 is 24.0 Å². The Morgan fingerprint density at radius 3 is 2.62 bits per heavy atom. The van der Waals surface area contributed by atoms with Gasteiger partial charge < -0.3 is 10.1 Å². The molecule has 0 saturated carbocycles. The molecule has 0 spiro atoms. The van der Waals surface area contributed by atoms with Crippen molar-refractivity contribution in [2.75, 3.05) is 11.9 Å². The summed E-state index contributed by atoms with van der Waals surface area (Å²) in [6, 6.07) is 11.1. The third-order valence-corrected chi connectivity index (χ3v) is 5.82. The number of amides is 1. The van der Waals surface area contributed by atoms with E-state index < -0.39 is 35.1 Å². The van der Waals surface area contributed by atoms with Gasteiger partial charge in [-0.1, -0.05) is 23.7 Å². The molecule has 172 valence electrons. The molecule has 1 aromatic heterocycles. The van der Waals surface area contributed by atoms with E-state index >= 15 is 0 Å². The number of Topliss-reactive ketones (excluding diaryl/α,β-unsaturated/α-hetero) is 1. The number of nitrogens with one attached hydrogen (secondary N) is 1. The van der Waals surface area contributed by atoms with E-state index in [1.165, 1.54) is 24.3 Å².